The van der Waals surface area contributed by atoms with Crippen molar-refractivity contribution in [3.63, 3.8) is 0 Å². The minimum Gasteiger partial charge on any atom is -0.370 e. The van der Waals surface area contributed by atoms with Crippen molar-refractivity contribution in [2.75, 3.05) is 0 Å². The minimum absolute atomic E-state index is 0. The van der Waals surface area contributed by atoms with Crippen LogP contribution in [0.3, 0.4) is 0 Å². The third kappa shape index (κ3) is 7.90. The molecule has 3 N–H and O–H groups in total. The van der Waals surface area contributed by atoms with Crippen LogP contribution in [0.25, 0.3) is 0 Å². The number of hydrogen-bond donors (Lipinski definition) is 2. The molecule has 0 bridgehead atoms. The lowest BCUT2D eigenvalue weighted by molar-refractivity contribution is 0.0671. The molecule has 1 unspecified atom stereocenters. The second kappa shape index (κ2) is 10.7. The quantitative estimate of drug-likeness (QED) is 0.378. The fraction of sp³-hybridized carbons (Fsp3) is 0.714. The van der Waals surface area contributed by atoms with E-state index in [0.29, 0.717) is 5.92 Å². The molecule has 0 aliphatic carbocycles. The topological polar surface area (TPSA) is 68.2 Å². The van der Waals surface area contributed by atoms with Gasteiger partial charge >= 0.3 is 6.55 Å². The number of halogens is 3. The van der Waals surface area contributed by atoms with Gasteiger partial charge in [0.2, 0.25) is 0 Å². The van der Waals surface area contributed by atoms with E-state index in [1.165, 1.54) is 18.8 Å². The summed E-state index contributed by atoms with van der Waals surface area (Å²) in [7, 11) is 0. The molecule has 128 valence electrons. The van der Waals surface area contributed by atoms with Gasteiger partial charge in [-0.3, -0.25) is 4.57 Å². The highest BCUT2D eigenvalue weighted by atomic mass is 127. The van der Waals surface area contributed by atoms with Gasteiger partial charge in [-0.1, -0.05) is 26.7 Å². The van der Waals surface area contributed by atoms with Gasteiger partial charge in [0, 0.05) is 18.4 Å². The van der Waals surface area contributed by atoms with Crippen LogP contribution in [0.4, 0.5) is 8.78 Å². The molecule has 0 saturated carbocycles. The summed E-state index contributed by atoms with van der Waals surface area (Å²) in [5.74, 6) is 1.15. The zero-order valence-corrected chi connectivity index (χ0v) is 15.6. The molecule has 1 aromatic heterocycles. The zero-order valence-electron chi connectivity index (χ0n) is 13.3. The molecule has 0 amide bonds. The van der Waals surface area contributed by atoms with Crippen LogP contribution in [0.1, 0.15) is 52.4 Å². The van der Waals surface area contributed by atoms with Crippen molar-refractivity contribution in [3.05, 3.63) is 18.2 Å². The van der Waals surface area contributed by atoms with Crippen LogP contribution in [0.2, 0.25) is 0 Å². The molecule has 0 aliphatic heterocycles. The maximum Gasteiger partial charge on any atom is 0.319 e. The molecule has 5 nitrogen and oxygen atoms in total. The summed E-state index contributed by atoms with van der Waals surface area (Å²) in [6, 6.07) is 0.211. The van der Waals surface area contributed by atoms with E-state index in [4.69, 9.17) is 5.73 Å². The molecule has 0 spiro atoms. The van der Waals surface area contributed by atoms with Crippen LogP contribution in [0.15, 0.2) is 17.4 Å². The first-order chi connectivity index (χ1) is 9.90. The van der Waals surface area contributed by atoms with E-state index in [-0.39, 0.29) is 48.3 Å². The molecule has 1 aromatic rings. The number of alkyl halides is 2. The number of nitrogens with zero attached hydrogens (tertiary/aromatic N) is 3. The van der Waals surface area contributed by atoms with Gasteiger partial charge in [-0.05, 0) is 19.3 Å². The Hall–Kier alpha value is -0.930. The first-order valence-corrected chi connectivity index (χ1v) is 7.26. The highest BCUT2D eigenvalue weighted by molar-refractivity contribution is 14.0. The molecule has 1 heterocycles. The molecule has 1 atom stereocenters. The Morgan fingerprint density at radius 2 is 2.05 bits per heavy atom. The summed E-state index contributed by atoms with van der Waals surface area (Å²) >= 11 is 0. The monoisotopic (exact) mass is 429 g/mol. The van der Waals surface area contributed by atoms with E-state index in [1.54, 1.807) is 0 Å². The van der Waals surface area contributed by atoms with Crippen molar-refractivity contribution in [1.29, 1.82) is 0 Å². The summed E-state index contributed by atoms with van der Waals surface area (Å²) in [6.45, 7) is 3.84. The number of aromatic nitrogens is 2. The zero-order chi connectivity index (χ0) is 15.8. The van der Waals surface area contributed by atoms with Gasteiger partial charge in [0.25, 0.3) is 0 Å². The molecule has 0 saturated heterocycles. The van der Waals surface area contributed by atoms with Crippen LogP contribution >= 0.6 is 24.0 Å². The Morgan fingerprint density at radius 1 is 1.36 bits per heavy atom. The van der Waals surface area contributed by atoms with Gasteiger partial charge in [0.1, 0.15) is 12.4 Å². The number of hydrogen-bond acceptors (Lipinski definition) is 2. The van der Waals surface area contributed by atoms with E-state index in [2.05, 4.69) is 29.1 Å². The van der Waals surface area contributed by atoms with E-state index in [0.717, 1.165) is 17.4 Å². The number of rotatable bonds is 8. The maximum atomic E-state index is 12.6. The summed E-state index contributed by atoms with van der Waals surface area (Å²) in [5, 5.41) is 3.07. The van der Waals surface area contributed by atoms with Gasteiger partial charge in [0.15, 0.2) is 5.96 Å². The second-order valence-corrected chi connectivity index (χ2v) is 5.60. The predicted molar refractivity (Wildman–Crippen MR) is 95.5 cm³/mol. The molecule has 0 fully saturated rings. The molecule has 8 heteroatoms. The number of guanidine groups is 1. The van der Waals surface area contributed by atoms with Crippen LogP contribution in [-0.2, 0) is 6.54 Å². The predicted octanol–water partition coefficient (Wildman–Crippen LogP) is 3.52. The normalized spacial score (nSPS) is 13.3. The highest BCUT2D eigenvalue weighted by Crippen LogP contribution is 2.12. The average molecular weight is 429 g/mol. The van der Waals surface area contributed by atoms with Crippen molar-refractivity contribution >= 4 is 29.9 Å². The average Bonchev–Trinajstić information content (AvgIpc) is 2.84. The van der Waals surface area contributed by atoms with Gasteiger partial charge in [-0.15, -0.1) is 24.0 Å². The number of nitrogens with one attached hydrogen (secondary N) is 1. The third-order valence-corrected chi connectivity index (χ3v) is 3.16. The molecule has 1 rings (SSSR count). The van der Waals surface area contributed by atoms with Crippen molar-refractivity contribution < 1.29 is 8.78 Å². The highest BCUT2D eigenvalue weighted by Gasteiger charge is 2.11. The van der Waals surface area contributed by atoms with Crippen molar-refractivity contribution in [2.45, 2.75) is 59.2 Å². The largest absolute Gasteiger partial charge is 0.370 e. The van der Waals surface area contributed by atoms with Gasteiger partial charge < -0.3 is 11.1 Å². The number of aliphatic imine (C=N–C) groups is 1. The lowest BCUT2D eigenvalue weighted by Gasteiger charge is -2.15. The van der Waals surface area contributed by atoms with E-state index in [9.17, 15) is 8.78 Å². The number of imidazole rings is 1. The van der Waals surface area contributed by atoms with E-state index in [1.807, 2.05) is 6.92 Å². The van der Waals surface area contributed by atoms with E-state index >= 15 is 0 Å². The fourth-order valence-electron chi connectivity index (χ4n) is 2.00. The Kier molecular flexibility index (Phi) is 10.3. The maximum absolute atomic E-state index is 12.6. The van der Waals surface area contributed by atoms with Crippen LogP contribution in [0, 0.1) is 5.92 Å². The van der Waals surface area contributed by atoms with Gasteiger partial charge in [-0.2, -0.15) is 8.78 Å². The van der Waals surface area contributed by atoms with Gasteiger partial charge in [-0.25, -0.2) is 9.98 Å². The van der Waals surface area contributed by atoms with Crippen LogP contribution in [-0.4, -0.2) is 21.6 Å². The summed E-state index contributed by atoms with van der Waals surface area (Å²) in [5.41, 5.74) is 5.76. The summed E-state index contributed by atoms with van der Waals surface area (Å²) < 4.78 is 26.0. The third-order valence-electron chi connectivity index (χ3n) is 3.16. The summed E-state index contributed by atoms with van der Waals surface area (Å²) in [6.07, 6.45) is 5.85. The molecular weight excluding hydrogens is 403 g/mol. The minimum atomic E-state index is -2.61. The van der Waals surface area contributed by atoms with Gasteiger partial charge in [0.05, 0.1) is 0 Å². The molecule has 0 aromatic carbocycles. The molecular formula is C14H26F2IN5. The van der Waals surface area contributed by atoms with Crippen LogP contribution < -0.4 is 11.1 Å². The second-order valence-electron chi connectivity index (χ2n) is 5.60. The molecule has 0 aliphatic rings. The van der Waals surface area contributed by atoms with Crippen LogP contribution in [0.5, 0.6) is 0 Å². The lowest BCUT2D eigenvalue weighted by Crippen LogP contribution is -2.38. The Morgan fingerprint density at radius 3 is 2.64 bits per heavy atom. The fourth-order valence-corrected chi connectivity index (χ4v) is 2.00. The lowest BCUT2D eigenvalue weighted by atomic mass is 10.0. The Balaban J connectivity index is 0.00000441. The van der Waals surface area contributed by atoms with Crippen molar-refractivity contribution in [1.82, 2.24) is 14.9 Å². The molecule has 0 radical (unpaired) electrons. The summed E-state index contributed by atoms with van der Waals surface area (Å²) in [4.78, 5) is 7.91. The van der Waals surface area contributed by atoms with E-state index < -0.39 is 6.55 Å². The first kappa shape index (κ1) is 21.1. The molecule has 22 heavy (non-hydrogen) atoms. The van der Waals surface area contributed by atoms with Crippen molar-refractivity contribution in [3.8, 4) is 0 Å². The SMILES string of the molecule is CC(C)CCCC(C)NC(N)=NCc1nccn1C(F)F.I. The number of nitrogens with two attached hydrogens (primary N) is 1. The smallest absolute Gasteiger partial charge is 0.319 e. The Bertz CT molecular complexity index is 448. The Labute approximate surface area is 147 Å². The first-order valence-electron chi connectivity index (χ1n) is 7.26. The standard InChI is InChI=1S/C14H25F2N5.HI/c1-10(2)5-4-6-11(3)20-14(17)19-9-12-18-7-8-21(12)13(15)16;/h7-8,10-11,13H,4-6,9H2,1-3H3,(H3,17,19,20);1H. The van der Waals surface area contributed by atoms with Crippen molar-refractivity contribution in [2.24, 2.45) is 16.6 Å².